The first-order valence-corrected chi connectivity index (χ1v) is 22.6. The Balaban J connectivity index is 0.959. The van der Waals surface area contributed by atoms with Gasteiger partial charge in [-0.05, 0) is 120 Å². The van der Waals surface area contributed by atoms with Crippen molar-refractivity contribution in [2.45, 2.75) is 38.5 Å². The van der Waals surface area contributed by atoms with E-state index in [0.29, 0.717) is 0 Å². The van der Waals surface area contributed by atoms with Crippen molar-refractivity contribution in [3.05, 3.63) is 222 Å². The molecule has 10 aromatic rings. The number of hydrogen-bond donors (Lipinski definition) is 0. The van der Waals surface area contributed by atoms with E-state index in [1.807, 2.05) is 11.3 Å². The van der Waals surface area contributed by atoms with E-state index < -0.39 is 0 Å². The fourth-order valence-corrected chi connectivity index (χ4v) is 12.1. The molecule has 0 unspecified atom stereocenters. The van der Waals surface area contributed by atoms with Gasteiger partial charge in [0, 0.05) is 37.7 Å². The zero-order valence-electron chi connectivity index (χ0n) is 35.4. The molecule has 62 heavy (non-hydrogen) atoms. The summed E-state index contributed by atoms with van der Waals surface area (Å²) >= 11 is 1.87. The molecule has 0 aliphatic heterocycles. The SMILES string of the molecule is CC1(C)c2ccccc2-c2ccc(-c3ccc(N(c4ccc(-c5ccccc5-c5cccc6c5C(C)(C)c5ccccc5-6)cc4)c4cccc5c4sc4ccccc45)cc3)cc21. The number of benzene rings is 9. The largest absolute Gasteiger partial charge is 0.309 e. The zero-order valence-corrected chi connectivity index (χ0v) is 36.2. The summed E-state index contributed by atoms with van der Waals surface area (Å²) < 4.78 is 2.59. The molecule has 1 aromatic heterocycles. The fraction of sp³-hybridized carbons (Fsp3) is 0.100. The lowest BCUT2D eigenvalue weighted by Crippen LogP contribution is -2.16. The molecule has 0 saturated heterocycles. The Morgan fingerprint density at radius 2 is 0.855 bits per heavy atom. The average Bonchev–Trinajstić information content (AvgIpc) is 3.90. The molecule has 0 spiro atoms. The van der Waals surface area contributed by atoms with Gasteiger partial charge in [0.05, 0.1) is 10.4 Å². The molecule has 0 atom stereocenters. The third-order valence-electron chi connectivity index (χ3n) is 13.9. The molecular formula is C60H45NS. The van der Waals surface area contributed by atoms with Crippen LogP contribution in [0.25, 0.3) is 75.8 Å². The Morgan fingerprint density at radius 1 is 0.355 bits per heavy atom. The lowest BCUT2D eigenvalue weighted by atomic mass is 9.78. The maximum absolute atomic E-state index is 2.45. The highest BCUT2D eigenvalue weighted by molar-refractivity contribution is 7.26. The summed E-state index contributed by atoms with van der Waals surface area (Å²) in [5.74, 6) is 0. The standard InChI is InChI=1S/C60H45NS/c1-59(2)52-23-10-7-17-45(52)47-36-31-40(37-54(47)59)38-27-32-41(33-28-38)61(55-25-14-22-51-48-19-9-12-26-56(48)62-58(51)55)42-34-29-39(30-35-42)43-15-5-6-16-44(43)49-20-13-21-50-46-18-8-11-24-53(46)60(3,4)57(49)50/h5-37H,1-4H3. The van der Waals surface area contributed by atoms with Crippen LogP contribution in [0.4, 0.5) is 17.1 Å². The summed E-state index contributed by atoms with van der Waals surface area (Å²) in [5.41, 5.74) is 21.7. The Bertz CT molecular complexity index is 3400. The molecular weight excluding hydrogens is 767 g/mol. The molecule has 9 aromatic carbocycles. The number of fused-ring (bicyclic) bond motifs is 9. The minimum Gasteiger partial charge on any atom is -0.309 e. The smallest absolute Gasteiger partial charge is 0.0640 e. The van der Waals surface area contributed by atoms with Crippen LogP contribution in [-0.2, 0) is 10.8 Å². The van der Waals surface area contributed by atoms with Gasteiger partial charge in [0.25, 0.3) is 0 Å². The summed E-state index contributed by atoms with van der Waals surface area (Å²) in [5, 5.41) is 2.59. The Morgan fingerprint density at radius 3 is 1.58 bits per heavy atom. The van der Waals surface area contributed by atoms with Gasteiger partial charge in [-0.25, -0.2) is 0 Å². The number of hydrogen-bond acceptors (Lipinski definition) is 2. The lowest BCUT2D eigenvalue weighted by molar-refractivity contribution is 0.660. The van der Waals surface area contributed by atoms with Crippen LogP contribution >= 0.6 is 11.3 Å². The Hall–Kier alpha value is -7.00. The van der Waals surface area contributed by atoms with Gasteiger partial charge in [-0.2, -0.15) is 0 Å². The van der Waals surface area contributed by atoms with Crippen LogP contribution in [0.1, 0.15) is 49.9 Å². The first-order valence-electron chi connectivity index (χ1n) is 21.8. The first-order chi connectivity index (χ1) is 30.3. The van der Waals surface area contributed by atoms with E-state index in [2.05, 4.69) is 233 Å². The summed E-state index contributed by atoms with van der Waals surface area (Å²) in [6.45, 7) is 9.47. The number of thiophene rings is 1. The van der Waals surface area contributed by atoms with Crippen molar-refractivity contribution in [3.63, 3.8) is 0 Å². The van der Waals surface area contributed by atoms with E-state index in [1.165, 1.54) is 104 Å². The van der Waals surface area contributed by atoms with Crippen molar-refractivity contribution in [2.75, 3.05) is 4.90 Å². The monoisotopic (exact) mass is 811 g/mol. The van der Waals surface area contributed by atoms with E-state index in [4.69, 9.17) is 0 Å². The predicted molar refractivity (Wildman–Crippen MR) is 265 cm³/mol. The van der Waals surface area contributed by atoms with Gasteiger partial charge in [-0.1, -0.05) is 185 Å². The van der Waals surface area contributed by atoms with Crippen molar-refractivity contribution in [3.8, 4) is 55.6 Å². The molecule has 0 N–H and O–H groups in total. The molecule has 0 amide bonds. The lowest BCUT2D eigenvalue weighted by Gasteiger charge is -2.27. The summed E-state index contributed by atoms with van der Waals surface area (Å²) in [7, 11) is 0. The van der Waals surface area contributed by atoms with Crippen molar-refractivity contribution in [1.29, 1.82) is 0 Å². The van der Waals surface area contributed by atoms with E-state index in [0.717, 1.165) is 11.4 Å². The summed E-state index contributed by atoms with van der Waals surface area (Å²) in [4.78, 5) is 2.45. The van der Waals surface area contributed by atoms with Crippen molar-refractivity contribution in [2.24, 2.45) is 0 Å². The topological polar surface area (TPSA) is 3.24 Å². The maximum atomic E-state index is 2.45. The van der Waals surface area contributed by atoms with Gasteiger partial charge in [0.1, 0.15) is 0 Å². The molecule has 2 aliphatic rings. The van der Waals surface area contributed by atoms with Crippen molar-refractivity contribution < 1.29 is 0 Å². The molecule has 12 rings (SSSR count). The predicted octanol–water partition coefficient (Wildman–Crippen LogP) is 17.1. The van der Waals surface area contributed by atoms with Crippen LogP contribution in [0.3, 0.4) is 0 Å². The number of rotatable bonds is 6. The third-order valence-corrected chi connectivity index (χ3v) is 15.1. The number of anilines is 3. The van der Waals surface area contributed by atoms with Crippen molar-refractivity contribution in [1.82, 2.24) is 0 Å². The molecule has 1 heterocycles. The maximum Gasteiger partial charge on any atom is 0.0640 e. The van der Waals surface area contributed by atoms with Gasteiger partial charge in [0.15, 0.2) is 0 Å². The van der Waals surface area contributed by atoms with Gasteiger partial charge >= 0.3 is 0 Å². The van der Waals surface area contributed by atoms with E-state index >= 15 is 0 Å². The van der Waals surface area contributed by atoms with E-state index in [1.54, 1.807) is 0 Å². The summed E-state index contributed by atoms with van der Waals surface area (Å²) in [6.07, 6.45) is 0. The van der Waals surface area contributed by atoms with Crippen molar-refractivity contribution >= 4 is 48.6 Å². The van der Waals surface area contributed by atoms with Crippen LogP contribution in [0.5, 0.6) is 0 Å². The highest BCUT2D eigenvalue weighted by Gasteiger charge is 2.38. The Kier molecular flexibility index (Phi) is 8.17. The van der Waals surface area contributed by atoms with Crippen LogP contribution in [0.2, 0.25) is 0 Å². The molecule has 0 fully saturated rings. The van der Waals surface area contributed by atoms with Gasteiger partial charge < -0.3 is 4.90 Å². The molecule has 2 aliphatic carbocycles. The van der Waals surface area contributed by atoms with E-state index in [-0.39, 0.29) is 10.8 Å². The van der Waals surface area contributed by atoms with Crippen LogP contribution in [-0.4, -0.2) is 0 Å². The fourth-order valence-electron chi connectivity index (χ4n) is 10.9. The molecule has 0 bridgehead atoms. The van der Waals surface area contributed by atoms with E-state index in [9.17, 15) is 0 Å². The summed E-state index contributed by atoms with van der Waals surface area (Å²) in [6, 6.07) is 74.6. The highest BCUT2D eigenvalue weighted by atomic mass is 32.1. The highest BCUT2D eigenvalue weighted by Crippen LogP contribution is 2.54. The van der Waals surface area contributed by atoms with Crippen LogP contribution in [0.15, 0.2) is 200 Å². The zero-order chi connectivity index (χ0) is 41.7. The second-order valence-electron chi connectivity index (χ2n) is 18.1. The second kappa shape index (κ2) is 13.8. The number of nitrogens with zero attached hydrogens (tertiary/aromatic N) is 1. The van der Waals surface area contributed by atoms with Gasteiger partial charge in [-0.15, -0.1) is 11.3 Å². The molecule has 0 radical (unpaired) electrons. The van der Waals surface area contributed by atoms with Crippen LogP contribution in [0, 0.1) is 0 Å². The molecule has 1 nitrogen and oxygen atoms in total. The molecule has 296 valence electrons. The Labute approximate surface area is 368 Å². The third kappa shape index (κ3) is 5.46. The second-order valence-corrected chi connectivity index (χ2v) is 19.1. The van der Waals surface area contributed by atoms with Crippen LogP contribution < -0.4 is 4.90 Å². The van der Waals surface area contributed by atoms with Gasteiger partial charge in [0.2, 0.25) is 0 Å². The normalized spacial score (nSPS) is 14.1. The minimum absolute atomic E-state index is 0.0438. The first kappa shape index (κ1) is 36.8. The minimum atomic E-state index is -0.105. The molecule has 0 saturated carbocycles. The molecule has 2 heteroatoms. The van der Waals surface area contributed by atoms with Gasteiger partial charge in [-0.3, -0.25) is 0 Å². The quantitative estimate of drug-likeness (QED) is 0.162. The average molecular weight is 812 g/mol.